The molecule has 0 aliphatic rings. The van der Waals surface area contributed by atoms with Crippen molar-refractivity contribution in [1.29, 1.82) is 0 Å². The van der Waals surface area contributed by atoms with Crippen molar-refractivity contribution in [3.05, 3.63) is 59.8 Å². The number of hydrogen-bond acceptors (Lipinski definition) is 3. The van der Waals surface area contributed by atoms with E-state index >= 15 is 0 Å². The Morgan fingerprint density at radius 2 is 2.00 bits per heavy atom. The minimum atomic E-state index is -0.970. The summed E-state index contributed by atoms with van der Waals surface area (Å²) in [5.41, 5.74) is 1.67. The van der Waals surface area contributed by atoms with Crippen molar-refractivity contribution >= 4 is 16.9 Å². The Kier molecular flexibility index (Phi) is 3.23. The topological polar surface area (TPSA) is 82.6 Å². The fraction of sp³-hybridized carbons (Fsp3) is 0.0625. The molecular weight excluding hydrogens is 270 g/mol. The van der Waals surface area contributed by atoms with Crippen LogP contribution in [0.5, 0.6) is 11.5 Å². The third-order valence-corrected chi connectivity index (χ3v) is 3.24. The molecule has 0 bridgehead atoms. The molecule has 0 spiro atoms. The standard InChI is InChI=1S/C16H13NO4/c18-11-3-1-4-12(7-11)21-9-10-8-17-15-13(10)5-2-6-14(15)16(19)20/h1-8,17-18H,9H2,(H,19,20). The number of phenolic OH excluding ortho intramolecular Hbond substituents is 1. The van der Waals surface area contributed by atoms with Gasteiger partial charge < -0.3 is 19.9 Å². The highest BCUT2D eigenvalue weighted by Crippen LogP contribution is 2.24. The average Bonchev–Trinajstić information content (AvgIpc) is 2.88. The summed E-state index contributed by atoms with van der Waals surface area (Å²) in [5, 5.41) is 19.4. The highest BCUT2D eigenvalue weighted by Gasteiger charge is 2.12. The summed E-state index contributed by atoms with van der Waals surface area (Å²) < 4.78 is 5.61. The summed E-state index contributed by atoms with van der Waals surface area (Å²) in [4.78, 5) is 14.1. The first kappa shape index (κ1) is 13.1. The zero-order chi connectivity index (χ0) is 14.8. The molecular formula is C16H13NO4. The number of aromatic amines is 1. The molecule has 5 nitrogen and oxygen atoms in total. The molecule has 0 saturated carbocycles. The van der Waals surface area contributed by atoms with E-state index in [0.29, 0.717) is 11.3 Å². The van der Waals surface area contributed by atoms with Gasteiger partial charge in [0.25, 0.3) is 0 Å². The number of phenols is 1. The van der Waals surface area contributed by atoms with E-state index in [1.807, 2.05) is 6.07 Å². The van der Waals surface area contributed by atoms with Gasteiger partial charge in [-0.3, -0.25) is 0 Å². The summed E-state index contributed by atoms with van der Waals surface area (Å²) in [5.74, 6) is -0.277. The van der Waals surface area contributed by atoms with Crippen molar-refractivity contribution in [3.63, 3.8) is 0 Å². The SMILES string of the molecule is O=C(O)c1cccc2c(COc3cccc(O)c3)c[nH]c12. The lowest BCUT2D eigenvalue weighted by atomic mass is 10.1. The smallest absolute Gasteiger partial charge is 0.337 e. The third-order valence-electron chi connectivity index (χ3n) is 3.24. The number of carbonyl (C=O) groups is 1. The molecule has 0 saturated heterocycles. The van der Waals surface area contributed by atoms with Gasteiger partial charge in [0.2, 0.25) is 0 Å². The normalized spacial score (nSPS) is 10.7. The molecule has 3 rings (SSSR count). The second kappa shape index (κ2) is 5.20. The van der Waals surface area contributed by atoms with Gasteiger partial charge in [-0.1, -0.05) is 18.2 Å². The van der Waals surface area contributed by atoms with Gasteiger partial charge in [0, 0.05) is 23.2 Å². The van der Waals surface area contributed by atoms with Crippen molar-refractivity contribution in [2.75, 3.05) is 0 Å². The van der Waals surface area contributed by atoms with E-state index in [0.717, 1.165) is 10.9 Å². The Bertz CT molecular complexity index is 807. The molecule has 0 radical (unpaired) electrons. The van der Waals surface area contributed by atoms with Crippen LogP contribution in [0, 0.1) is 0 Å². The van der Waals surface area contributed by atoms with Gasteiger partial charge in [0.05, 0.1) is 11.1 Å². The maximum atomic E-state index is 11.2. The maximum Gasteiger partial charge on any atom is 0.337 e. The van der Waals surface area contributed by atoms with Crippen LogP contribution in [0.1, 0.15) is 15.9 Å². The average molecular weight is 283 g/mol. The zero-order valence-electron chi connectivity index (χ0n) is 11.0. The van der Waals surface area contributed by atoms with Crippen molar-refractivity contribution in [3.8, 4) is 11.5 Å². The molecule has 2 aromatic carbocycles. The quantitative estimate of drug-likeness (QED) is 0.687. The molecule has 0 amide bonds. The van der Waals surface area contributed by atoms with E-state index < -0.39 is 5.97 Å². The van der Waals surface area contributed by atoms with Gasteiger partial charge in [-0.25, -0.2) is 4.79 Å². The highest BCUT2D eigenvalue weighted by molar-refractivity contribution is 6.02. The predicted molar refractivity (Wildman–Crippen MR) is 77.7 cm³/mol. The Labute approximate surface area is 120 Å². The van der Waals surface area contributed by atoms with Crippen LogP contribution in [0.15, 0.2) is 48.7 Å². The summed E-state index contributed by atoms with van der Waals surface area (Å²) in [6.45, 7) is 0.284. The fourth-order valence-electron chi connectivity index (χ4n) is 2.24. The number of H-pyrrole nitrogens is 1. The lowest BCUT2D eigenvalue weighted by Crippen LogP contribution is -1.97. The number of aromatic carboxylic acids is 1. The molecule has 0 aliphatic heterocycles. The molecule has 0 unspecified atom stereocenters. The van der Waals surface area contributed by atoms with Crippen molar-refractivity contribution < 1.29 is 19.7 Å². The largest absolute Gasteiger partial charge is 0.508 e. The third kappa shape index (κ3) is 2.53. The Morgan fingerprint density at radius 3 is 2.76 bits per heavy atom. The van der Waals surface area contributed by atoms with Crippen molar-refractivity contribution in [1.82, 2.24) is 4.98 Å². The van der Waals surface area contributed by atoms with E-state index in [-0.39, 0.29) is 17.9 Å². The van der Waals surface area contributed by atoms with E-state index in [1.54, 1.807) is 36.5 Å². The number of aromatic nitrogens is 1. The first-order valence-electron chi connectivity index (χ1n) is 6.39. The fourth-order valence-corrected chi connectivity index (χ4v) is 2.24. The Morgan fingerprint density at radius 1 is 1.19 bits per heavy atom. The lowest BCUT2D eigenvalue weighted by molar-refractivity contribution is 0.0699. The van der Waals surface area contributed by atoms with Gasteiger partial charge in [-0.15, -0.1) is 0 Å². The maximum absolute atomic E-state index is 11.2. The number of nitrogens with one attached hydrogen (secondary N) is 1. The lowest BCUT2D eigenvalue weighted by Gasteiger charge is -2.05. The summed E-state index contributed by atoms with van der Waals surface area (Å²) in [6, 6.07) is 11.6. The second-order valence-corrected chi connectivity index (χ2v) is 4.63. The molecule has 0 atom stereocenters. The number of para-hydroxylation sites is 1. The number of rotatable bonds is 4. The summed E-state index contributed by atoms with van der Waals surface area (Å²) >= 11 is 0. The highest BCUT2D eigenvalue weighted by atomic mass is 16.5. The molecule has 106 valence electrons. The number of hydrogen-bond donors (Lipinski definition) is 3. The molecule has 3 aromatic rings. The van der Waals surface area contributed by atoms with Gasteiger partial charge in [0.1, 0.15) is 18.1 Å². The number of aromatic hydroxyl groups is 1. The van der Waals surface area contributed by atoms with Crippen LogP contribution >= 0.6 is 0 Å². The molecule has 21 heavy (non-hydrogen) atoms. The van der Waals surface area contributed by atoms with E-state index in [2.05, 4.69) is 4.98 Å². The minimum absolute atomic E-state index is 0.139. The number of fused-ring (bicyclic) bond motifs is 1. The van der Waals surface area contributed by atoms with E-state index in [9.17, 15) is 9.90 Å². The van der Waals surface area contributed by atoms with Crippen molar-refractivity contribution in [2.24, 2.45) is 0 Å². The number of carboxylic acid groups (broad SMARTS) is 1. The molecule has 5 heteroatoms. The van der Waals surface area contributed by atoms with E-state index in [1.165, 1.54) is 6.07 Å². The van der Waals surface area contributed by atoms with Gasteiger partial charge in [-0.05, 0) is 18.2 Å². The predicted octanol–water partition coefficient (Wildman–Crippen LogP) is 3.15. The second-order valence-electron chi connectivity index (χ2n) is 4.63. The van der Waals surface area contributed by atoms with Crippen LogP contribution in [0.3, 0.4) is 0 Å². The Balaban J connectivity index is 1.88. The van der Waals surface area contributed by atoms with Gasteiger partial charge in [-0.2, -0.15) is 0 Å². The first-order valence-corrected chi connectivity index (χ1v) is 6.39. The van der Waals surface area contributed by atoms with Crippen LogP contribution in [0.2, 0.25) is 0 Å². The zero-order valence-corrected chi connectivity index (χ0v) is 11.0. The van der Waals surface area contributed by atoms with Gasteiger partial charge >= 0.3 is 5.97 Å². The van der Waals surface area contributed by atoms with Crippen molar-refractivity contribution in [2.45, 2.75) is 6.61 Å². The molecule has 1 aromatic heterocycles. The Hall–Kier alpha value is -2.95. The molecule has 1 heterocycles. The molecule has 3 N–H and O–H groups in total. The number of ether oxygens (including phenoxy) is 1. The van der Waals surface area contributed by atoms with Crippen LogP contribution in [-0.4, -0.2) is 21.2 Å². The number of benzene rings is 2. The molecule has 0 aliphatic carbocycles. The van der Waals surface area contributed by atoms with Crippen LogP contribution in [0.4, 0.5) is 0 Å². The monoisotopic (exact) mass is 283 g/mol. The molecule has 0 fully saturated rings. The van der Waals surface area contributed by atoms with Crippen LogP contribution in [-0.2, 0) is 6.61 Å². The first-order chi connectivity index (χ1) is 10.1. The number of carboxylic acids is 1. The minimum Gasteiger partial charge on any atom is -0.508 e. The summed E-state index contributed by atoms with van der Waals surface area (Å²) in [7, 11) is 0. The van der Waals surface area contributed by atoms with Crippen LogP contribution < -0.4 is 4.74 Å². The van der Waals surface area contributed by atoms with E-state index in [4.69, 9.17) is 9.84 Å². The van der Waals surface area contributed by atoms with Gasteiger partial charge in [0.15, 0.2) is 0 Å². The summed E-state index contributed by atoms with van der Waals surface area (Å²) in [6.07, 6.45) is 1.74. The van der Waals surface area contributed by atoms with Crippen LogP contribution in [0.25, 0.3) is 10.9 Å².